The fourth-order valence-corrected chi connectivity index (χ4v) is 1.65. The van der Waals surface area contributed by atoms with Crippen LogP contribution in [-0.2, 0) is 0 Å². The highest BCUT2D eigenvalue weighted by Crippen LogP contribution is 2.25. The number of hydrogen-bond acceptors (Lipinski definition) is 1. The first-order valence-corrected chi connectivity index (χ1v) is 5.71. The van der Waals surface area contributed by atoms with E-state index in [0.29, 0.717) is 0 Å². The van der Waals surface area contributed by atoms with Crippen LogP contribution in [0.4, 0.5) is 5.69 Å². The average Bonchev–Trinajstić information content (AvgIpc) is 2.18. The van der Waals surface area contributed by atoms with Gasteiger partial charge in [-0.25, -0.2) is 0 Å². The number of hydrogen-bond donors (Lipinski definition) is 1. The minimum absolute atomic E-state index is 0.756. The molecule has 0 spiro atoms. The maximum absolute atomic E-state index is 6.01. The van der Waals surface area contributed by atoms with E-state index in [0.717, 1.165) is 34.6 Å². The first-order chi connectivity index (χ1) is 6.74. The molecule has 1 aromatic carbocycles. The van der Waals surface area contributed by atoms with Crippen molar-refractivity contribution >= 4 is 33.2 Å². The molecule has 0 bridgehead atoms. The molecule has 0 unspecified atom stereocenters. The summed E-state index contributed by atoms with van der Waals surface area (Å²) in [6, 6.07) is 5.79. The molecule has 76 valence electrons. The van der Waals surface area contributed by atoms with Crippen molar-refractivity contribution in [2.75, 3.05) is 11.9 Å². The van der Waals surface area contributed by atoms with Crippen LogP contribution in [-0.4, -0.2) is 6.54 Å². The number of allylic oxidation sites excluding steroid dienone is 1. The molecule has 1 nitrogen and oxygen atoms in total. The van der Waals surface area contributed by atoms with Crippen molar-refractivity contribution in [3.8, 4) is 0 Å². The van der Waals surface area contributed by atoms with Crippen molar-refractivity contribution in [2.45, 2.75) is 12.8 Å². The molecule has 14 heavy (non-hydrogen) atoms. The molecule has 0 atom stereocenters. The first kappa shape index (κ1) is 11.6. The molecular formula is C11H13BrClN. The van der Waals surface area contributed by atoms with E-state index in [9.17, 15) is 0 Å². The summed E-state index contributed by atoms with van der Waals surface area (Å²) in [5.41, 5.74) is 0.977. The summed E-state index contributed by atoms with van der Waals surface area (Å²) in [6.45, 7) is 4.59. The summed E-state index contributed by atoms with van der Waals surface area (Å²) in [7, 11) is 0. The van der Waals surface area contributed by atoms with E-state index in [2.05, 4.69) is 27.8 Å². The van der Waals surface area contributed by atoms with Gasteiger partial charge in [0.1, 0.15) is 0 Å². The lowest BCUT2D eigenvalue weighted by molar-refractivity contribution is 0.891. The molecule has 0 aromatic heterocycles. The van der Waals surface area contributed by atoms with Crippen LogP contribution in [0.15, 0.2) is 35.3 Å². The summed E-state index contributed by atoms with van der Waals surface area (Å²) in [4.78, 5) is 0. The quantitative estimate of drug-likeness (QED) is 0.616. The van der Waals surface area contributed by atoms with E-state index >= 15 is 0 Å². The van der Waals surface area contributed by atoms with Crippen molar-refractivity contribution in [3.63, 3.8) is 0 Å². The van der Waals surface area contributed by atoms with E-state index in [1.54, 1.807) is 0 Å². The van der Waals surface area contributed by atoms with E-state index in [-0.39, 0.29) is 0 Å². The molecular weight excluding hydrogens is 261 g/mol. The van der Waals surface area contributed by atoms with Crippen LogP contribution in [0.1, 0.15) is 12.8 Å². The Labute approximate surface area is 98.3 Å². The number of unbranched alkanes of at least 4 members (excludes halogenated alkanes) is 1. The molecule has 3 heteroatoms. The third-order valence-electron chi connectivity index (χ3n) is 1.83. The van der Waals surface area contributed by atoms with Crippen LogP contribution in [0, 0.1) is 0 Å². The Bertz CT molecular complexity index is 312. The third-order valence-corrected chi connectivity index (χ3v) is 2.65. The van der Waals surface area contributed by atoms with Crippen molar-refractivity contribution in [1.29, 1.82) is 0 Å². The van der Waals surface area contributed by atoms with Gasteiger partial charge in [-0.05, 0) is 31.0 Å². The second kappa shape index (κ2) is 6.10. The predicted octanol–water partition coefficient (Wildman–Crippen LogP) is 4.48. The third kappa shape index (κ3) is 3.72. The van der Waals surface area contributed by atoms with Gasteiger partial charge >= 0.3 is 0 Å². The summed E-state index contributed by atoms with van der Waals surface area (Å²) < 4.78 is 1.04. The molecule has 0 aliphatic carbocycles. The van der Waals surface area contributed by atoms with Gasteiger partial charge in [-0.1, -0.05) is 33.6 Å². The minimum Gasteiger partial charge on any atom is -0.384 e. The SMILES string of the molecule is C=CCCCNc1cc(Br)ccc1Cl. The lowest BCUT2D eigenvalue weighted by Crippen LogP contribution is -2.01. The highest BCUT2D eigenvalue weighted by molar-refractivity contribution is 9.10. The van der Waals surface area contributed by atoms with Gasteiger partial charge in [0, 0.05) is 11.0 Å². The molecule has 1 N–H and O–H groups in total. The molecule has 0 saturated carbocycles. The van der Waals surface area contributed by atoms with Crippen LogP contribution >= 0.6 is 27.5 Å². The minimum atomic E-state index is 0.756. The van der Waals surface area contributed by atoms with Crippen LogP contribution in [0.2, 0.25) is 5.02 Å². The van der Waals surface area contributed by atoms with Crippen LogP contribution in [0.3, 0.4) is 0 Å². The van der Waals surface area contributed by atoms with Gasteiger partial charge in [-0.2, -0.15) is 0 Å². The van der Waals surface area contributed by atoms with Crippen molar-refractivity contribution in [1.82, 2.24) is 0 Å². The van der Waals surface area contributed by atoms with Gasteiger partial charge in [0.15, 0.2) is 0 Å². The Balaban J connectivity index is 2.49. The van der Waals surface area contributed by atoms with Crippen molar-refractivity contribution in [3.05, 3.63) is 40.3 Å². The Morgan fingerprint density at radius 3 is 3.00 bits per heavy atom. The number of nitrogens with one attached hydrogen (secondary N) is 1. The summed E-state index contributed by atoms with van der Waals surface area (Å²) in [5, 5.41) is 4.04. The van der Waals surface area contributed by atoms with E-state index in [1.807, 2.05) is 24.3 Å². The van der Waals surface area contributed by atoms with Gasteiger partial charge < -0.3 is 5.32 Å². The van der Waals surface area contributed by atoms with E-state index in [1.165, 1.54) is 0 Å². The molecule has 0 fully saturated rings. The fraction of sp³-hybridized carbons (Fsp3) is 0.273. The van der Waals surface area contributed by atoms with Crippen molar-refractivity contribution < 1.29 is 0 Å². The zero-order valence-electron chi connectivity index (χ0n) is 7.89. The Morgan fingerprint density at radius 1 is 1.50 bits per heavy atom. The molecule has 0 amide bonds. The summed E-state index contributed by atoms with van der Waals surface area (Å²) in [6.07, 6.45) is 4.02. The molecule has 0 aliphatic rings. The Hall–Kier alpha value is -0.470. The second-order valence-corrected chi connectivity index (χ2v) is 4.30. The van der Waals surface area contributed by atoms with Gasteiger partial charge in [-0.3, -0.25) is 0 Å². The maximum Gasteiger partial charge on any atom is 0.0638 e. The topological polar surface area (TPSA) is 12.0 Å². The number of rotatable bonds is 5. The largest absolute Gasteiger partial charge is 0.384 e. The van der Waals surface area contributed by atoms with Crippen LogP contribution in [0.25, 0.3) is 0 Å². The molecule has 1 rings (SSSR count). The predicted molar refractivity (Wildman–Crippen MR) is 67.1 cm³/mol. The standard InChI is InChI=1S/C11H13BrClN/c1-2-3-4-7-14-11-8-9(12)5-6-10(11)13/h2,5-6,8,14H,1,3-4,7H2. The normalized spacial score (nSPS) is 9.86. The van der Waals surface area contributed by atoms with Gasteiger partial charge in [0.05, 0.1) is 10.7 Å². The van der Waals surface area contributed by atoms with Gasteiger partial charge in [-0.15, -0.1) is 6.58 Å². The lowest BCUT2D eigenvalue weighted by Gasteiger charge is -2.07. The van der Waals surface area contributed by atoms with Crippen LogP contribution < -0.4 is 5.32 Å². The highest BCUT2D eigenvalue weighted by atomic mass is 79.9. The molecule has 0 radical (unpaired) electrons. The Morgan fingerprint density at radius 2 is 2.29 bits per heavy atom. The smallest absolute Gasteiger partial charge is 0.0638 e. The first-order valence-electron chi connectivity index (χ1n) is 4.54. The summed E-state index contributed by atoms with van der Waals surface area (Å²) in [5.74, 6) is 0. The molecule has 0 saturated heterocycles. The van der Waals surface area contributed by atoms with E-state index in [4.69, 9.17) is 11.6 Å². The number of halogens is 2. The number of anilines is 1. The van der Waals surface area contributed by atoms with Gasteiger partial charge in [0.2, 0.25) is 0 Å². The molecule has 0 heterocycles. The van der Waals surface area contributed by atoms with Gasteiger partial charge in [0.25, 0.3) is 0 Å². The summed E-state index contributed by atoms with van der Waals surface area (Å²) >= 11 is 9.41. The van der Waals surface area contributed by atoms with E-state index < -0.39 is 0 Å². The maximum atomic E-state index is 6.01. The fourth-order valence-electron chi connectivity index (χ4n) is 1.10. The highest BCUT2D eigenvalue weighted by Gasteiger charge is 1.99. The zero-order valence-corrected chi connectivity index (χ0v) is 10.2. The Kier molecular flexibility index (Phi) is 5.05. The molecule has 0 aliphatic heterocycles. The molecule has 1 aromatic rings. The second-order valence-electron chi connectivity index (χ2n) is 2.98. The lowest BCUT2D eigenvalue weighted by atomic mass is 10.3. The monoisotopic (exact) mass is 273 g/mol. The van der Waals surface area contributed by atoms with Crippen molar-refractivity contribution in [2.24, 2.45) is 0 Å². The average molecular weight is 275 g/mol. The number of benzene rings is 1. The zero-order chi connectivity index (χ0) is 10.4. The van der Waals surface area contributed by atoms with Crippen LogP contribution in [0.5, 0.6) is 0 Å².